The second-order valence-electron chi connectivity index (χ2n) is 5.40. The minimum atomic E-state index is 0. The third-order valence-electron chi connectivity index (χ3n) is 4.26. The summed E-state index contributed by atoms with van der Waals surface area (Å²) in [5, 5.41) is 7.74. The quantitative estimate of drug-likeness (QED) is 0.302. The molecule has 4 aromatic rings. The smallest absolute Gasteiger partial charge is 0 e. The molecule has 0 saturated heterocycles. The zero-order valence-electron chi connectivity index (χ0n) is 12.5. The van der Waals surface area contributed by atoms with E-state index in [-0.39, 0.29) is 32.7 Å². The Morgan fingerprint density at radius 2 is 1.23 bits per heavy atom. The molecule has 0 bridgehead atoms. The summed E-state index contributed by atoms with van der Waals surface area (Å²) in [6.45, 7) is 7.84. The predicted molar refractivity (Wildman–Crippen MR) is 93.6 cm³/mol. The summed E-state index contributed by atoms with van der Waals surface area (Å²) in [7, 11) is 0. The monoisotopic (exact) mass is 356 g/mol. The number of hydrogen-bond donors (Lipinski definition) is 0. The Kier molecular flexibility index (Phi) is 4.16. The zero-order chi connectivity index (χ0) is 14.4. The van der Waals surface area contributed by atoms with Crippen molar-refractivity contribution in [3.8, 4) is 0 Å². The van der Waals surface area contributed by atoms with Gasteiger partial charge in [-0.3, -0.25) is 6.58 Å². The van der Waals surface area contributed by atoms with Crippen LogP contribution in [0, 0.1) is 6.58 Å². The molecule has 0 spiro atoms. The molecule has 1 radical (unpaired) electrons. The molecule has 0 amide bonds. The fourth-order valence-electron chi connectivity index (χ4n) is 3.32. The van der Waals surface area contributed by atoms with Crippen LogP contribution in [0.15, 0.2) is 54.6 Å². The molecular weight excluding hydrogens is 341 g/mol. The standard InChI is InChI=1S/C21H15.Y/c1-3-5-15-7-9-17-11-10-16-8-6-14(4-2)18-12-13-19(15)21(17)20(16)18;/h2-13H,1H3;/q-1;/b5-3+;. The van der Waals surface area contributed by atoms with Crippen molar-refractivity contribution in [3.63, 3.8) is 0 Å². The summed E-state index contributed by atoms with van der Waals surface area (Å²) in [5.41, 5.74) is 2.36. The minimum absolute atomic E-state index is 0. The second kappa shape index (κ2) is 5.95. The third-order valence-corrected chi connectivity index (χ3v) is 4.26. The van der Waals surface area contributed by atoms with E-state index in [0.717, 1.165) is 5.56 Å². The Labute approximate surface area is 155 Å². The molecule has 103 valence electrons. The van der Waals surface area contributed by atoms with Crippen molar-refractivity contribution in [1.29, 1.82) is 0 Å². The fourth-order valence-corrected chi connectivity index (χ4v) is 3.32. The summed E-state index contributed by atoms with van der Waals surface area (Å²) in [4.78, 5) is 0. The topological polar surface area (TPSA) is 0 Å². The van der Waals surface area contributed by atoms with Crippen molar-refractivity contribution < 1.29 is 32.7 Å². The van der Waals surface area contributed by atoms with Crippen molar-refractivity contribution in [2.75, 3.05) is 0 Å². The van der Waals surface area contributed by atoms with Crippen LogP contribution in [0.5, 0.6) is 0 Å². The molecule has 4 aromatic carbocycles. The summed E-state index contributed by atoms with van der Waals surface area (Å²) < 4.78 is 0. The molecule has 0 aromatic heterocycles. The van der Waals surface area contributed by atoms with Gasteiger partial charge in [0.15, 0.2) is 0 Å². The van der Waals surface area contributed by atoms with Gasteiger partial charge >= 0.3 is 0 Å². The fraction of sp³-hybridized carbons (Fsp3) is 0.0476. The van der Waals surface area contributed by atoms with Crippen molar-refractivity contribution in [2.45, 2.75) is 6.92 Å². The predicted octanol–water partition coefficient (Wildman–Crippen LogP) is 6.06. The van der Waals surface area contributed by atoms with E-state index in [4.69, 9.17) is 6.58 Å². The van der Waals surface area contributed by atoms with E-state index in [1.165, 1.54) is 37.9 Å². The van der Waals surface area contributed by atoms with E-state index in [1.807, 2.05) is 0 Å². The molecule has 0 unspecified atom stereocenters. The van der Waals surface area contributed by atoms with Gasteiger partial charge in [-0.2, -0.15) is 5.56 Å². The van der Waals surface area contributed by atoms with Crippen LogP contribution in [0.25, 0.3) is 44.5 Å². The number of benzene rings is 4. The Bertz CT molecular complexity index is 1010. The molecule has 0 saturated carbocycles. The van der Waals surface area contributed by atoms with Crippen molar-refractivity contribution in [1.82, 2.24) is 0 Å². The van der Waals surface area contributed by atoms with Gasteiger partial charge in [0.05, 0.1) is 0 Å². The minimum Gasteiger partial charge on any atom is -0.292 e. The van der Waals surface area contributed by atoms with Gasteiger partial charge in [-0.05, 0) is 39.4 Å². The molecule has 0 fully saturated rings. The van der Waals surface area contributed by atoms with E-state index in [2.05, 4.69) is 67.6 Å². The normalized spacial score (nSPS) is 11.5. The van der Waals surface area contributed by atoms with Crippen LogP contribution in [0.2, 0.25) is 0 Å². The Balaban J connectivity index is 0.00000144. The van der Waals surface area contributed by atoms with Crippen molar-refractivity contribution in [2.24, 2.45) is 0 Å². The van der Waals surface area contributed by atoms with E-state index in [0.29, 0.717) is 0 Å². The summed E-state index contributed by atoms with van der Waals surface area (Å²) in [6.07, 6.45) is 5.95. The molecule has 22 heavy (non-hydrogen) atoms. The maximum Gasteiger partial charge on any atom is 0 e. The van der Waals surface area contributed by atoms with Gasteiger partial charge in [0.25, 0.3) is 0 Å². The molecule has 0 N–H and O–H groups in total. The molecule has 1 heteroatoms. The average molecular weight is 356 g/mol. The van der Waals surface area contributed by atoms with Gasteiger partial charge in [0, 0.05) is 32.7 Å². The number of hydrogen-bond acceptors (Lipinski definition) is 0. The SMILES string of the molecule is [CH-]=Cc1ccc2ccc3ccc(/C=C/C)c4ccc1c2c34.[Y]. The van der Waals surface area contributed by atoms with Gasteiger partial charge in [-0.1, -0.05) is 60.0 Å². The van der Waals surface area contributed by atoms with Gasteiger partial charge in [-0.25, -0.2) is 6.08 Å². The van der Waals surface area contributed by atoms with Gasteiger partial charge in [0.1, 0.15) is 0 Å². The van der Waals surface area contributed by atoms with Crippen molar-refractivity contribution in [3.05, 3.63) is 72.3 Å². The molecule has 0 aliphatic carbocycles. The molecule has 0 aliphatic heterocycles. The van der Waals surface area contributed by atoms with Crippen LogP contribution in [0.1, 0.15) is 18.1 Å². The Hall–Kier alpha value is -1.50. The molecule has 0 nitrogen and oxygen atoms in total. The number of rotatable bonds is 2. The van der Waals surface area contributed by atoms with Crippen LogP contribution in [0.4, 0.5) is 0 Å². The van der Waals surface area contributed by atoms with Crippen LogP contribution < -0.4 is 0 Å². The Morgan fingerprint density at radius 1 is 0.727 bits per heavy atom. The van der Waals surface area contributed by atoms with Crippen LogP contribution in [-0.4, -0.2) is 0 Å². The maximum atomic E-state index is 5.79. The first-order valence-electron chi connectivity index (χ1n) is 7.21. The van der Waals surface area contributed by atoms with E-state index in [9.17, 15) is 0 Å². The first-order valence-corrected chi connectivity index (χ1v) is 7.21. The maximum absolute atomic E-state index is 5.79. The van der Waals surface area contributed by atoms with E-state index < -0.39 is 0 Å². The van der Waals surface area contributed by atoms with Crippen LogP contribution in [-0.2, 0) is 32.7 Å². The molecule has 0 atom stereocenters. The summed E-state index contributed by atoms with van der Waals surface area (Å²) >= 11 is 0. The molecule has 4 rings (SSSR count). The second-order valence-corrected chi connectivity index (χ2v) is 5.40. The van der Waals surface area contributed by atoms with Crippen molar-refractivity contribution >= 4 is 44.5 Å². The van der Waals surface area contributed by atoms with E-state index in [1.54, 1.807) is 6.08 Å². The van der Waals surface area contributed by atoms with Gasteiger partial charge in [-0.15, -0.1) is 6.07 Å². The Morgan fingerprint density at radius 3 is 1.77 bits per heavy atom. The van der Waals surface area contributed by atoms with Gasteiger partial charge < -0.3 is 0 Å². The van der Waals surface area contributed by atoms with Crippen LogP contribution in [0.3, 0.4) is 0 Å². The largest absolute Gasteiger partial charge is 0.292 e. The summed E-state index contributed by atoms with van der Waals surface area (Å²) in [6, 6.07) is 17.4. The molecular formula is C21H15Y-. The van der Waals surface area contributed by atoms with Gasteiger partial charge in [0.2, 0.25) is 0 Å². The summed E-state index contributed by atoms with van der Waals surface area (Å²) in [5.74, 6) is 0. The zero-order valence-corrected chi connectivity index (χ0v) is 15.3. The van der Waals surface area contributed by atoms with E-state index >= 15 is 0 Å². The third kappa shape index (κ3) is 2.14. The first kappa shape index (κ1) is 15.4. The number of allylic oxidation sites excluding steroid dienone is 1. The first-order chi connectivity index (χ1) is 10.3. The average Bonchev–Trinajstić information content (AvgIpc) is 2.54. The molecule has 0 heterocycles. The molecule has 0 aliphatic rings. The van der Waals surface area contributed by atoms with Crippen LogP contribution >= 0.6 is 0 Å².